The van der Waals surface area contributed by atoms with Crippen molar-refractivity contribution >= 4 is 11.8 Å². The SMILES string of the molecule is C[C@@H]1OCCC[C@@H]1C(=O)N(CC(N)=O)Cc1ccccc1. The minimum atomic E-state index is -0.497. The Kier molecular flexibility index (Phi) is 5.33. The lowest BCUT2D eigenvalue weighted by Crippen LogP contribution is -2.45. The molecule has 0 saturated carbocycles. The van der Waals surface area contributed by atoms with E-state index in [1.54, 1.807) is 0 Å². The topological polar surface area (TPSA) is 72.6 Å². The van der Waals surface area contributed by atoms with Gasteiger partial charge in [0.2, 0.25) is 11.8 Å². The zero-order valence-electron chi connectivity index (χ0n) is 12.3. The average molecular weight is 290 g/mol. The highest BCUT2D eigenvalue weighted by Gasteiger charge is 2.32. The van der Waals surface area contributed by atoms with Crippen LogP contribution in [0.15, 0.2) is 30.3 Å². The Balaban J connectivity index is 2.11. The average Bonchev–Trinajstić information content (AvgIpc) is 2.47. The van der Waals surface area contributed by atoms with Crippen LogP contribution in [0.5, 0.6) is 0 Å². The number of rotatable bonds is 5. The second-order valence-electron chi connectivity index (χ2n) is 5.47. The lowest BCUT2D eigenvalue weighted by molar-refractivity contribution is -0.146. The molecule has 5 heteroatoms. The van der Waals surface area contributed by atoms with Gasteiger partial charge < -0.3 is 15.4 Å². The first-order chi connectivity index (χ1) is 10.1. The van der Waals surface area contributed by atoms with E-state index in [4.69, 9.17) is 10.5 Å². The van der Waals surface area contributed by atoms with Gasteiger partial charge in [0.25, 0.3) is 0 Å². The molecule has 0 bridgehead atoms. The Hall–Kier alpha value is -1.88. The third-order valence-electron chi connectivity index (χ3n) is 3.80. The molecule has 2 atom stereocenters. The number of ether oxygens (including phenoxy) is 1. The van der Waals surface area contributed by atoms with E-state index >= 15 is 0 Å². The molecule has 2 rings (SSSR count). The van der Waals surface area contributed by atoms with Crippen LogP contribution in [0.3, 0.4) is 0 Å². The third-order valence-corrected chi connectivity index (χ3v) is 3.80. The maximum atomic E-state index is 12.7. The van der Waals surface area contributed by atoms with Crippen LogP contribution in [0.4, 0.5) is 0 Å². The molecule has 1 heterocycles. The predicted molar refractivity (Wildman–Crippen MR) is 79.2 cm³/mol. The quantitative estimate of drug-likeness (QED) is 0.888. The molecule has 0 unspecified atom stereocenters. The molecule has 0 spiro atoms. The normalized spacial score (nSPS) is 21.8. The fourth-order valence-corrected chi connectivity index (χ4v) is 2.69. The third kappa shape index (κ3) is 4.29. The molecule has 0 radical (unpaired) electrons. The van der Waals surface area contributed by atoms with E-state index in [1.165, 1.54) is 4.90 Å². The smallest absolute Gasteiger partial charge is 0.237 e. The highest BCUT2D eigenvalue weighted by atomic mass is 16.5. The van der Waals surface area contributed by atoms with Gasteiger partial charge in [-0.05, 0) is 25.3 Å². The summed E-state index contributed by atoms with van der Waals surface area (Å²) < 4.78 is 5.55. The van der Waals surface area contributed by atoms with Gasteiger partial charge in [0.1, 0.15) is 0 Å². The van der Waals surface area contributed by atoms with Crippen LogP contribution in [0, 0.1) is 5.92 Å². The summed E-state index contributed by atoms with van der Waals surface area (Å²) in [5.41, 5.74) is 6.27. The second-order valence-corrected chi connectivity index (χ2v) is 5.47. The number of carbonyl (C=O) groups is 2. The largest absolute Gasteiger partial charge is 0.378 e. The van der Waals surface area contributed by atoms with Crippen LogP contribution in [-0.2, 0) is 20.9 Å². The van der Waals surface area contributed by atoms with E-state index < -0.39 is 5.91 Å². The molecular formula is C16H22N2O3. The van der Waals surface area contributed by atoms with Gasteiger partial charge in [-0.1, -0.05) is 30.3 Å². The summed E-state index contributed by atoms with van der Waals surface area (Å²) in [7, 11) is 0. The highest BCUT2D eigenvalue weighted by molar-refractivity contribution is 5.85. The summed E-state index contributed by atoms with van der Waals surface area (Å²) in [6, 6.07) is 9.61. The molecule has 2 N–H and O–H groups in total. The number of benzene rings is 1. The van der Waals surface area contributed by atoms with Gasteiger partial charge in [-0.2, -0.15) is 0 Å². The molecule has 1 aliphatic heterocycles. The Morgan fingerprint density at radius 1 is 1.33 bits per heavy atom. The van der Waals surface area contributed by atoms with Crippen LogP contribution in [0.2, 0.25) is 0 Å². The van der Waals surface area contributed by atoms with Crippen molar-refractivity contribution in [2.75, 3.05) is 13.2 Å². The van der Waals surface area contributed by atoms with E-state index in [0.717, 1.165) is 18.4 Å². The summed E-state index contributed by atoms with van der Waals surface area (Å²) in [4.78, 5) is 25.5. The molecule has 1 aromatic rings. The molecule has 1 saturated heterocycles. The van der Waals surface area contributed by atoms with Crippen LogP contribution in [0.1, 0.15) is 25.3 Å². The first-order valence-corrected chi connectivity index (χ1v) is 7.30. The van der Waals surface area contributed by atoms with Gasteiger partial charge in [-0.15, -0.1) is 0 Å². The Labute approximate surface area is 125 Å². The van der Waals surface area contributed by atoms with Crippen molar-refractivity contribution in [3.63, 3.8) is 0 Å². The number of carbonyl (C=O) groups excluding carboxylic acids is 2. The van der Waals surface area contributed by atoms with Crippen molar-refractivity contribution in [3.05, 3.63) is 35.9 Å². The summed E-state index contributed by atoms with van der Waals surface area (Å²) in [6.07, 6.45) is 1.55. The van der Waals surface area contributed by atoms with E-state index in [0.29, 0.717) is 13.2 Å². The number of hydrogen-bond donors (Lipinski definition) is 1. The van der Waals surface area contributed by atoms with Gasteiger partial charge in [-0.3, -0.25) is 9.59 Å². The van der Waals surface area contributed by atoms with E-state index in [2.05, 4.69) is 0 Å². The molecule has 0 aliphatic carbocycles. The second kappa shape index (κ2) is 7.22. The van der Waals surface area contributed by atoms with Gasteiger partial charge in [-0.25, -0.2) is 0 Å². The van der Waals surface area contributed by atoms with Crippen LogP contribution >= 0.6 is 0 Å². The molecule has 1 aromatic carbocycles. The molecule has 1 aliphatic rings. The van der Waals surface area contributed by atoms with Gasteiger partial charge in [0.15, 0.2) is 0 Å². The van der Waals surface area contributed by atoms with Crippen molar-refractivity contribution in [2.24, 2.45) is 11.7 Å². The van der Waals surface area contributed by atoms with Crippen LogP contribution in [0.25, 0.3) is 0 Å². The Bertz CT molecular complexity index is 490. The fourth-order valence-electron chi connectivity index (χ4n) is 2.69. The molecule has 114 valence electrons. The minimum Gasteiger partial charge on any atom is -0.378 e. The van der Waals surface area contributed by atoms with Crippen molar-refractivity contribution in [1.29, 1.82) is 0 Å². The number of nitrogens with zero attached hydrogens (tertiary/aromatic N) is 1. The monoisotopic (exact) mass is 290 g/mol. The Morgan fingerprint density at radius 2 is 2.05 bits per heavy atom. The lowest BCUT2D eigenvalue weighted by atomic mass is 9.93. The first kappa shape index (κ1) is 15.5. The van der Waals surface area contributed by atoms with Crippen molar-refractivity contribution in [3.8, 4) is 0 Å². The zero-order valence-corrected chi connectivity index (χ0v) is 12.3. The maximum Gasteiger partial charge on any atom is 0.237 e. The number of nitrogens with two attached hydrogens (primary N) is 1. The van der Waals surface area contributed by atoms with Crippen molar-refractivity contribution in [2.45, 2.75) is 32.4 Å². The van der Waals surface area contributed by atoms with E-state index in [9.17, 15) is 9.59 Å². The lowest BCUT2D eigenvalue weighted by Gasteiger charge is -2.32. The fraction of sp³-hybridized carbons (Fsp3) is 0.500. The number of primary amides is 1. The number of amides is 2. The summed E-state index contributed by atoms with van der Waals surface area (Å²) in [6.45, 7) is 2.94. The molecule has 21 heavy (non-hydrogen) atoms. The van der Waals surface area contributed by atoms with E-state index in [1.807, 2.05) is 37.3 Å². The van der Waals surface area contributed by atoms with Gasteiger partial charge >= 0.3 is 0 Å². The Morgan fingerprint density at radius 3 is 2.67 bits per heavy atom. The minimum absolute atomic E-state index is 0.0511. The zero-order chi connectivity index (χ0) is 15.2. The van der Waals surface area contributed by atoms with Crippen LogP contribution < -0.4 is 5.73 Å². The summed E-state index contributed by atoms with van der Waals surface area (Å²) in [5, 5.41) is 0. The van der Waals surface area contributed by atoms with Gasteiger partial charge in [0.05, 0.1) is 18.6 Å². The van der Waals surface area contributed by atoms with Crippen LogP contribution in [-0.4, -0.2) is 36.0 Å². The van der Waals surface area contributed by atoms with Gasteiger partial charge in [0, 0.05) is 13.2 Å². The molecule has 0 aromatic heterocycles. The number of hydrogen-bond acceptors (Lipinski definition) is 3. The predicted octanol–water partition coefficient (Wildman–Crippen LogP) is 1.32. The maximum absolute atomic E-state index is 12.7. The van der Waals surface area contributed by atoms with Crippen molar-refractivity contribution in [1.82, 2.24) is 4.90 Å². The molecule has 5 nitrogen and oxygen atoms in total. The molecule has 2 amide bonds. The standard InChI is InChI=1S/C16H22N2O3/c1-12-14(8-5-9-21-12)16(20)18(11-15(17)19)10-13-6-3-2-4-7-13/h2-4,6-7,12,14H,5,8-11H2,1H3,(H2,17,19)/t12-,14-/m0/s1. The van der Waals surface area contributed by atoms with Crippen molar-refractivity contribution < 1.29 is 14.3 Å². The first-order valence-electron chi connectivity index (χ1n) is 7.30. The molecule has 1 fully saturated rings. The highest BCUT2D eigenvalue weighted by Crippen LogP contribution is 2.23. The molecular weight excluding hydrogens is 268 g/mol. The summed E-state index contributed by atoms with van der Waals surface area (Å²) >= 11 is 0. The summed E-state index contributed by atoms with van der Waals surface area (Å²) in [5.74, 6) is -0.740. The van der Waals surface area contributed by atoms with E-state index in [-0.39, 0.29) is 24.5 Å².